The van der Waals surface area contributed by atoms with E-state index in [2.05, 4.69) is 15.5 Å². The van der Waals surface area contributed by atoms with Gasteiger partial charge in [-0.3, -0.25) is 4.79 Å². The van der Waals surface area contributed by atoms with Crippen LogP contribution < -0.4 is 10.1 Å². The third-order valence-electron chi connectivity index (χ3n) is 3.53. The smallest absolute Gasteiger partial charge is 0.277 e. The summed E-state index contributed by atoms with van der Waals surface area (Å²) in [6.45, 7) is 1.83. The summed E-state index contributed by atoms with van der Waals surface area (Å²) in [6, 6.07) is 15.6. The van der Waals surface area contributed by atoms with Gasteiger partial charge in [-0.05, 0) is 49.4 Å². The topological polar surface area (TPSA) is 101 Å². The first-order valence-electron chi connectivity index (χ1n) is 8.22. The van der Waals surface area contributed by atoms with Crippen molar-refractivity contribution in [2.45, 2.75) is 24.0 Å². The lowest BCUT2D eigenvalue weighted by molar-refractivity contribution is -0.115. The maximum absolute atomic E-state index is 12.3. The van der Waals surface area contributed by atoms with E-state index in [-0.39, 0.29) is 17.7 Å². The molecule has 0 aliphatic rings. The number of ether oxygens (including phenoxy) is 1. The summed E-state index contributed by atoms with van der Waals surface area (Å²) in [4.78, 5) is 12.3. The number of rotatable bonds is 7. The maximum atomic E-state index is 12.3. The van der Waals surface area contributed by atoms with Gasteiger partial charge in [-0.25, -0.2) is 0 Å². The van der Waals surface area contributed by atoms with Crippen LogP contribution in [0.2, 0.25) is 5.02 Å². The van der Waals surface area contributed by atoms with Crippen molar-refractivity contribution in [3.63, 3.8) is 0 Å². The summed E-state index contributed by atoms with van der Waals surface area (Å²) in [7, 11) is 0. The summed E-state index contributed by atoms with van der Waals surface area (Å²) in [5.74, 6) is 0.688. The number of carbonyl (C=O) groups excluding carboxylic acids is 1. The minimum atomic E-state index is -0.476. The van der Waals surface area contributed by atoms with Gasteiger partial charge in [0.2, 0.25) is 5.91 Å². The van der Waals surface area contributed by atoms with Gasteiger partial charge < -0.3 is 14.5 Å². The Kier molecular flexibility index (Phi) is 6.53. The monoisotopic (exact) mass is 414 g/mol. The van der Waals surface area contributed by atoms with E-state index in [1.165, 1.54) is 0 Å². The molecule has 2 aromatic carbocycles. The molecule has 3 rings (SSSR count). The SMILES string of the molecule is C[C@H](Sc1nnc(COc2ccc(Cl)cc2)o1)C(=O)Nc1cccc(C#N)c1. The van der Waals surface area contributed by atoms with E-state index in [1.54, 1.807) is 55.5 Å². The highest BCUT2D eigenvalue weighted by atomic mass is 35.5. The van der Waals surface area contributed by atoms with Crippen LogP contribution in [0.4, 0.5) is 5.69 Å². The fourth-order valence-corrected chi connectivity index (χ4v) is 2.96. The van der Waals surface area contributed by atoms with Crippen molar-refractivity contribution >= 4 is 35.0 Å². The van der Waals surface area contributed by atoms with Gasteiger partial charge >= 0.3 is 0 Å². The second-order valence-corrected chi connectivity index (χ2v) is 7.37. The summed E-state index contributed by atoms with van der Waals surface area (Å²) in [5.41, 5.74) is 1.03. The first kappa shape index (κ1) is 19.7. The zero-order valence-electron chi connectivity index (χ0n) is 14.8. The number of hydrogen-bond donors (Lipinski definition) is 1. The quantitative estimate of drug-likeness (QED) is 0.575. The van der Waals surface area contributed by atoms with Crippen LogP contribution in [0.15, 0.2) is 58.2 Å². The van der Waals surface area contributed by atoms with E-state index in [0.717, 1.165) is 11.8 Å². The first-order chi connectivity index (χ1) is 13.5. The molecule has 1 aromatic heterocycles. The largest absolute Gasteiger partial charge is 0.484 e. The van der Waals surface area contributed by atoms with E-state index in [1.807, 2.05) is 6.07 Å². The standard InChI is InChI=1S/C19H15ClN4O3S/c1-12(18(25)22-15-4-2-3-13(9-15)10-21)28-19-24-23-17(27-19)11-26-16-7-5-14(20)6-8-16/h2-9,12H,11H2,1H3,(H,22,25)/t12-/m0/s1. The molecule has 1 N–H and O–H groups in total. The van der Waals surface area contributed by atoms with Crippen molar-refractivity contribution in [3.8, 4) is 11.8 Å². The van der Waals surface area contributed by atoms with Gasteiger partial charge in [0.1, 0.15) is 5.75 Å². The zero-order valence-corrected chi connectivity index (χ0v) is 16.3. The summed E-state index contributed by atoms with van der Waals surface area (Å²) in [6.07, 6.45) is 0. The average Bonchev–Trinajstić information content (AvgIpc) is 3.15. The van der Waals surface area contributed by atoms with Crippen LogP contribution in [-0.4, -0.2) is 21.4 Å². The molecule has 1 atom stereocenters. The molecule has 3 aromatic rings. The summed E-state index contributed by atoms with van der Waals surface area (Å²) < 4.78 is 11.0. The average molecular weight is 415 g/mol. The zero-order chi connectivity index (χ0) is 19.9. The highest BCUT2D eigenvalue weighted by Crippen LogP contribution is 2.24. The number of halogens is 1. The lowest BCUT2D eigenvalue weighted by Crippen LogP contribution is -2.22. The molecule has 0 saturated heterocycles. The van der Waals surface area contributed by atoms with Crippen molar-refractivity contribution in [3.05, 3.63) is 65.0 Å². The molecule has 1 heterocycles. The lowest BCUT2D eigenvalue weighted by atomic mass is 10.2. The maximum Gasteiger partial charge on any atom is 0.277 e. The van der Waals surface area contributed by atoms with Gasteiger partial charge in [0.25, 0.3) is 11.1 Å². The van der Waals surface area contributed by atoms with Crippen LogP contribution in [0.25, 0.3) is 0 Å². The molecule has 0 radical (unpaired) electrons. The van der Waals surface area contributed by atoms with Crippen molar-refractivity contribution in [2.24, 2.45) is 0 Å². The molecule has 9 heteroatoms. The number of nitriles is 1. The number of nitrogens with zero attached hydrogens (tertiary/aromatic N) is 3. The van der Waals surface area contributed by atoms with Gasteiger partial charge in [-0.2, -0.15) is 5.26 Å². The van der Waals surface area contributed by atoms with Crippen molar-refractivity contribution in [1.29, 1.82) is 5.26 Å². The number of carbonyl (C=O) groups is 1. The van der Waals surface area contributed by atoms with Crippen LogP contribution in [0.1, 0.15) is 18.4 Å². The molecule has 0 aliphatic carbocycles. The Balaban J connectivity index is 1.52. The van der Waals surface area contributed by atoms with Gasteiger partial charge in [-0.1, -0.05) is 29.4 Å². The molecule has 0 spiro atoms. The predicted molar refractivity (Wildman–Crippen MR) is 105 cm³/mol. The number of hydrogen-bond acceptors (Lipinski definition) is 7. The Morgan fingerprint density at radius 1 is 1.32 bits per heavy atom. The normalized spacial score (nSPS) is 11.5. The van der Waals surface area contributed by atoms with E-state index < -0.39 is 5.25 Å². The first-order valence-corrected chi connectivity index (χ1v) is 9.47. The van der Waals surface area contributed by atoms with Crippen LogP contribution in [0, 0.1) is 11.3 Å². The molecule has 28 heavy (non-hydrogen) atoms. The van der Waals surface area contributed by atoms with Gasteiger partial charge in [0.15, 0.2) is 6.61 Å². The number of amides is 1. The van der Waals surface area contributed by atoms with E-state index in [4.69, 9.17) is 26.0 Å². The molecule has 0 fully saturated rings. The number of nitrogens with one attached hydrogen (secondary N) is 1. The third-order valence-corrected chi connectivity index (χ3v) is 4.72. The van der Waals surface area contributed by atoms with Gasteiger partial charge in [-0.15, -0.1) is 10.2 Å². The molecule has 1 amide bonds. The summed E-state index contributed by atoms with van der Waals surface area (Å²) in [5, 5.41) is 19.9. The Hall–Kier alpha value is -3.02. The minimum absolute atomic E-state index is 0.108. The van der Waals surface area contributed by atoms with E-state index in [9.17, 15) is 4.79 Å². The van der Waals surface area contributed by atoms with Crippen molar-refractivity contribution in [1.82, 2.24) is 10.2 Å². The van der Waals surface area contributed by atoms with Crippen LogP contribution in [0.5, 0.6) is 5.75 Å². The number of benzene rings is 2. The fourth-order valence-electron chi connectivity index (χ4n) is 2.14. The van der Waals surface area contributed by atoms with E-state index in [0.29, 0.717) is 27.9 Å². The highest BCUT2D eigenvalue weighted by molar-refractivity contribution is 8.00. The Morgan fingerprint density at radius 3 is 2.86 bits per heavy atom. The van der Waals surface area contributed by atoms with Crippen molar-refractivity contribution in [2.75, 3.05) is 5.32 Å². The molecule has 0 unspecified atom stereocenters. The molecule has 142 valence electrons. The number of thioether (sulfide) groups is 1. The molecular weight excluding hydrogens is 400 g/mol. The Morgan fingerprint density at radius 2 is 2.11 bits per heavy atom. The Bertz CT molecular complexity index is 1000. The van der Waals surface area contributed by atoms with Crippen molar-refractivity contribution < 1.29 is 13.9 Å². The number of aromatic nitrogens is 2. The van der Waals surface area contributed by atoms with Gasteiger partial charge in [0.05, 0.1) is 16.9 Å². The lowest BCUT2D eigenvalue weighted by Gasteiger charge is -2.10. The van der Waals surface area contributed by atoms with Crippen LogP contribution in [0.3, 0.4) is 0 Å². The van der Waals surface area contributed by atoms with Crippen LogP contribution >= 0.6 is 23.4 Å². The van der Waals surface area contributed by atoms with Crippen LogP contribution in [-0.2, 0) is 11.4 Å². The third kappa shape index (κ3) is 5.49. The molecule has 0 aliphatic heterocycles. The predicted octanol–water partition coefficient (Wildman–Crippen LogP) is 4.29. The molecule has 0 bridgehead atoms. The van der Waals surface area contributed by atoms with Gasteiger partial charge in [0, 0.05) is 10.7 Å². The molecule has 7 nitrogen and oxygen atoms in total. The minimum Gasteiger partial charge on any atom is -0.484 e. The Labute approximate surface area is 170 Å². The van der Waals surface area contributed by atoms with E-state index >= 15 is 0 Å². The second kappa shape index (κ2) is 9.26. The highest BCUT2D eigenvalue weighted by Gasteiger charge is 2.19. The fraction of sp³-hybridized carbons (Fsp3) is 0.158. The second-order valence-electron chi connectivity index (χ2n) is 5.65. The number of anilines is 1. The molecule has 0 saturated carbocycles. The molecular formula is C19H15ClN4O3S. The summed E-state index contributed by atoms with van der Waals surface area (Å²) >= 11 is 6.96.